The smallest absolute Gasteiger partial charge is 0.203 e. The first-order valence-corrected chi connectivity index (χ1v) is 9.03. The fourth-order valence-corrected chi connectivity index (χ4v) is 3.74. The SMILES string of the molecule is Brc1ccc(-c2csc3nc(-c4cccc(Br)c4)nn23)cc1. The fourth-order valence-electron chi connectivity index (χ4n) is 2.25. The van der Waals surface area contributed by atoms with Crippen LogP contribution in [0.4, 0.5) is 0 Å². The fraction of sp³-hybridized carbons (Fsp3) is 0. The molecular weight excluding hydrogens is 426 g/mol. The first kappa shape index (κ1) is 14.1. The predicted octanol–water partition coefficient (Wildman–Crippen LogP) is 5.65. The molecule has 2 aromatic carbocycles. The van der Waals surface area contributed by atoms with Crippen LogP contribution in [0.1, 0.15) is 0 Å². The van der Waals surface area contributed by atoms with Crippen LogP contribution in [0.5, 0.6) is 0 Å². The molecule has 0 spiro atoms. The largest absolute Gasteiger partial charge is 0.213 e. The molecule has 0 atom stereocenters. The van der Waals surface area contributed by atoms with E-state index >= 15 is 0 Å². The minimum atomic E-state index is 0.742. The molecule has 0 aliphatic heterocycles. The maximum atomic E-state index is 4.67. The van der Waals surface area contributed by atoms with Gasteiger partial charge in [0.05, 0.1) is 5.69 Å². The summed E-state index contributed by atoms with van der Waals surface area (Å²) in [7, 11) is 0. The molecule has 0 fully saturated rings. The van der Waals surface area contributed by atoms with Crippen molar-refractivity contribution in [1.29, 1.82) is 0 Å². The summed E-state index contributed by atoms with van der Waals surface area (Å²) in [6.45, 7) is 0. The minimum absolute atomic E-state index is 0.742. The maximum absolute atomic E-state index is 4.67. The Labute approximate surface area is 147 Å². The molecule has 108 valence electrons. The Balaban J connectivity index is 1.84. The van der Waals surface area contributed by atoms with Gasteiger partial charge in [0.2, 0.25) is 4.96 Å². The van der Waals surface area contributed by atoms with Gasteiger partial charge in [-0.1, -0.05) is 56.1 Å². The molecule has 22 heavy (non-hydrogen) atoms. The summed E-state index contributed by atoms with van der Waals surface area (Å²) in [6.07, 6.45) is 0. The van der Waals surface area contributed by atoms with Gasteiger partial charge in [-0.2, -0.15) is 4.98 Å². The van der Waals surface area contributed by atoms with Crippen molar-refractivity contribution in [3.8, 4) is 22.6 Å². The molecule has 0 N–H and O–H groups in total. The van der Waals surface area contributed by atoms with Gasteiger partial charge < -0.3 is 0 Å². The highest BCUT2D eigenvalue weighted by molar-refractivity contribution is 9.10. The molecule has 0 saturated heterocycles. The molecule has 0 amide bonds. The topological polar surface area (TPSA) is 30.2 Å². The molecule has 6 heteroatoms. The van der Waals surface area contributed by atoms with E-state index in [4.69, 9.17) is 0 Å². The number of hydrogen-bond acceptors (Lipinski definition) is 3. The number of fused-ring (bicyclic) bond motifs is 1. The van der Waals surface area contributed by atoms with Crippen LogP contribution in [-0.2, 0) is 0 Å². The van der Waals surface area contributed by atoms with Gasteiger partial charge in [-0.3, -0.25) is 0 Å². The van der Waals surface area contributed by atoms with E-state index in [1.165, 1.54) is 0 Å². The second kappa shape index (κ2) is 5.61. The third-order valence-electron chi connectivity index (χ3n) is 3.30. The molecule has 0 aliphatic carbocycles. The number of aromatic nitrogens is 3. The molecule has 4 aromatic rings. The molecular formula is C16H9Br2N3S. The van der Waals surface area contributed by atoms with Gasteiger partial charge >= 0.3 is 0 Å². The van der Waals surface area contributed by atoms with Crippen LogP contribution in [0, 0.1) is 0 Å². The molecule has 0 aliphatic rings. The summed E-state index contributed by atoms with van der Waals surface area (Å²) in [6, 6.07) is 16.2. The highest BCUT2D eigenvalue weighted by Crippen LogP contribution is 2.28. The van der Waals surface area contributed by atoms with E-state index in [9.17, 15) is 0 Å². The monoisotopic (exact) mass is 433 g/mol. The number of halogens is 2. The van der Waals surface area contributed by atoms with E-state index in [2.05, 4.69) is 59.5 Å². The zero-order valence-corrected chi connectivity index (χ0v) is 15.2. The van der Waals surface area contributed by atoms with Crippen molar-refractivity contribution < 1.29 is 0 Å². The second-order valence-corrected chi connectivity index (χ2v) is 7.44. The third kappa shape index (κ3) is 2.51. The van der Waals surface area contributed by atoms with Crippen LogP contribution in [-0.4, -0.2) is 14.6 Å². The van der Waals surface area contributed by atoms with Crippen molar-refractivity contribution in [2.45, 2.75) is 0 Å². The summed E-state index contributed by atoms with van der Waals surface area (Å²) in [4.78, 5) is 5.52. The van der Waals surface area contributed by atoms with Crippen LogP contribution in [0.3, 0.4) is 0 Å². The Morgan fingerprint density at radius 3 is 2.50 bits per heavy atom. The number of rotatable bonds is 2. The van der Waals surface area contributed by atoms with Crippen LogP contribution in [0.2, 0.25) is 0 Å². The zero-order chi connectivity index (χ0) is 15.1. The normalized spacial score (nSPS) is 11.2. The van der Waals surface area contributed by atoms with E-state index in [0.29, 0.717) is 0 Å². The summed E-state index contributed by atoms with van der Waals surface area (Å²) in [5, 5.41) is 6.75. The molecule has 0 saturated carbocycles. The highest BCUT2D eigenvalue weighted by Gasteiger charge is 2.12. The Bertz CT molecular complexity index is 957. The van der Waals surface area contributed by atoms with Gasteiger partial charge in [-0.05, 0) is 24.3 Å². The average Bonchev–Trinajstić information content (AvgIpc) is 3.08. The molecule has 3 nitrogen and oxygen atoms in total. The van der Waals surface area contributed by atoms with Crippen LogP contribution < -0.4 is 0 Å². The molecule has 4 rings (SSSR count). The Kier molecular flexibility index (Phi) is 3.60. The van der Waals surface area contributed by atoms with E-state index in [1.807, 2.05) is 40.9 Å². The van der Waals surface area contributed by atoms with Gasteiger partial charge in [0.1, 0.15) is 0 Å². The van der Waals surface area contributed by atoms with E-state index in [0.717, 1.165) is 36.6 Å². The zero-order valence-electron chi connectivity index (χ0n) is 11.2. The molecule has 0 unspecified atom stereocenters. The standard InChI is InChI=1S/C16H9Br2N3S/c17-12-6-4-10(5-7-12)14-9-22-16-19-15(20-21(14)16)11-2-1-3-13(18)8-11/h1-9H. The number of hydrogen-bond donors (Lipinski definition) is 0. The van der Waals surface area contributed by atoms with Gasteiger partial charge in [0.25, 0.3) is 0 Å². The molecule has 2 aromatic heterocycles. The van der Waals surface area contributed by atoms with Crippen molar-refractivity contribution in [2.24, 2.45) is 0 Å². The molecule has 0 bridgehead atoms. The Morgan fingerprint density at radius 1 is 0.909 bits per heavy atom. The Morgan fingerprint density at radius 2 is 1.73 bits per heavy atom. The van der Waals surface area contributed by atoms with E-state index < -0.39 is 0 Å². The van der Waals surface area contributed by atoms with Crippen molar-refractivity contribution in [2.75, 3.05) is 0 Å². The summed E-state index contributed by atoms with van der Waals surface area (Å²) >= 11 is 8.55. The second-order valence-electron chi connectivity index (χ2n) is 4.77. The van der Waals surface area contributed by atoms with Gasteiger partial charge in [-0.15, -0.1) is 16.4 Å². The van der Waals surface area contributed by atoms with Gasteiger partial charge in [0, 0.05) is 25.5 Å². The number of nitrogens with zero attached hydrogens (tertiary/aromatic N) is 3. The molecule has 0 radical (unpaired) electrons. The van der Waals surface area contributed by atoms with Crippen molar-refractivity contribution in [3.63, 3.8) is 0 Å². The lowest BCUT2D eigenvalue weighted by Gasteiger charge is -1.99. The highest BCUT2D eigenvalue weighted by atomic mass is 79.9. The summed E-state index contributed by atoms with van der Waals surface area (Å²) in [5.41, 5.74) is 3.19. The maximum Gasteiger partial charge on any atom is 0.213 e. The lowest BCUT2D eigenvalue weighted by Crippen LogP contribution is -1.89. The number of thiazole rings is 1. The molecule has 2 heterocycles. The van der Waals surface area contributed by atoms with Crippen LogP contribution >= 0.6 is 43.2 Å². The summed E-state index contributed by atoms with van der Waals surface area (Å²) < 4.78 is 4.00. The van der Waals surface area contributed by atoms with E-state index in [-0.39, 0.29) is 0 Å². The quantitative estimate of drug-likeness (QED) is 0.408. The minimum Gasteiger partial charge on any atom is -0.203 e. The first-order valence-electron chi connectivity index (χ1n) is 6.57. The van der Waals surface area contributed by atoms with Crippen LogP contribution in [0.25, 0.3) is 27.6 Å². The summed E-state index contributed by atoms with van der Waals surface area (Å²) in [5.74, 6) is 0.742. The van der Waals surface area contributed by atoms with Gasteiger partial charge in [-0.25, -0.2) is 4.52 Å². The first-order chi connectivity index (χ1) is 10.7. The third-order valence-corrected chi connectivity index (χ3v) is 5.14. The van der Waals surface area contributed by atoms with Crippen LogP contribution in [0.15, 0.2) is 62.9 Å². The lowest BCUT2D eigenvalue weighted by atomic mass is 10.2. The van der Waals surface area contributed by atoms with Crippen molar-refractivity contribution >= 4 is 48.2 Å². The lowest BCUT2D eigenvalue weighted by molar-refractivity contribution is 0.989. The predicted molar refractivity (Wildman–Crippen MR) is 97.1 cm³/mol. The van der Waals surface area contributed by atoms with Crippen molar-refractivity contribution in [1.82, 2.24) is 14.6 Å². The van der Waals surface area contributed by atoms with Gasteiger partial charge in [0.15, 0.2) is 5.82 Å². The van der Waals surface area contributed by atoms with Crippen molar-refractivity contribution in [3.05, 3.63) is 62.9 Å². The average molecular weight is 435 g/mol. The number of benzene rings is 2. The Hall–Kier alpha value is -1.50. The van der Waals surface area contributed by atoms with E-state index in [1.54, 1.807) is 11.3 Å².